The van der Waals surface area contributed by atoms with Gasteiger partial charge < -0.3 is 10.6 Å². The van der Waals surface area contributed by atoms with E-state index in [1.165, 1.54) is 24.1 Å². The van der Waals surface area contributed by atoms with Gasteiger partial charge in [-0.1, -0.05) is 13.8 Å². The predicted octanol–water partition coefficient (Wildman–Crippen LogP) is 1.67. The van der Waals surface area contributed by atoms with Crippen LogP contribution in [0.1, 0.15) is 44.9 Å². The van der Waals surface area contributed by atoms with Crippen molar-refractivity contribution in [2.45, 2.75) is 57.5 Å². The van der Waals surface area contributed by atoms with E-state index in [9.17, 15) is 0 Å². The van der Waals surface area contributed by atoms with Crippen LogP contribution in [0, 0.1) is 5.92 Å². The molecule has 2 aliphatic rings. The third-order valence-electron chi connectivity index (χ3n) is 5.60. The number of piperidine rings is 1. The van der Waals surface area contributed by atoms with Crippen LogP contribution < -0.4 is 5.73 Å². The highest BCUT2D eigenvalue weighted by Crippen LogP contribution is 2.44. The molecule has 1 saturated heterocycles. The summed E-state index contributed by atoms with van der Waals surface area (Å²) < 4.78 is 0. The second-order valence-electron chi connectivity index (χ2n) is 6.76. The Morgan fingerprint density at radius 1 is 1.37 bits per heavy atom. The fourth-order valence-electron chi connectivity index (χ4n) is 3.89. The molecule has 0 unspecified atom stereocenters. The first-order valence-electron chi connectivity index (χ1n) is 7.57. The Labute approximate surface area is 115 Å². The van der Waals surface area contributed by atoms with Crippen molar-refractivity contribution < 1.29 is 0 Å². The van der Waals surface area contributed by atoms with Crippen molar-refractivity contribution in [3.8, 4) is 0 Å². The zero-order chi connectivity index (χ0) is 13.6. The van der Waals surface area contributed by atoms with E-state index >= 15 is 0 Å². The van der Waals surface area contributed by atoms with Crippen LogP contribution in [0.15, 0.2) is 6.20 Å². The van der Waals surface area contributed by atoms with Gasteiger partial charge in [-0.2, -0.15) is 5.10 Å². The summed E-state index contributed by atoms with van der Waals surface area (Å²) >= 11 is 0. The number of nitrogens with two attached hydrogens (primary N) is 1. The molecule has 106 valence electrons. The molecule has 0 radical (unpaired) electrons. The fraction of sp³-hybridized carbons (Fsp3) is 0.800. The number of H-pyrrole nitrogens is 1. The first kappa shape index (κ1) is 13.1. The molecule has 0 bridgehead atoms. The van der Waals surface area contributed by atoms with Gasteiger partial charge in [0.15, 0.2) is 0 Å². The van der Waals surface area contributed by atoms with Gasteiger partial charge in [0.2, 0.25) is 0 Å². The molecule has 3 N–H and O–H groups in total. The molecule has 1 aliphatic heterocycles. The first-order chi connectivity index (χ1) is 9.04. The van der Waals surface area contributed by atoms with Gasteiger partial charge >= 0.3 is 0 Å². The molecule has 19 heavy (non-hydrogen) atoms. The molecule has 1 spiro atoms. The van der Waals surface area contributed by atoms with Crippen LogP contribution >= 0.6 is 0 Å². The zero-order valence-electron chi connectivity index (χ0n) is 12.3. The van der Waals surface area contributed by atoms with Crippen LogP contribution in [0.4, 0.5) is 0 Å². The van der Waals surface area contributed by atoms with Crippen LogP contribution in [0.2, 0.25) is 0 Å². The van der Waals surface area contributed by atoms with E-state index < -0.39 is 0 Å². The maximum atomic E-state index is 6.45. The van der Waals surface area contributed by atoms with Crippen molar-refractivity contribution in [1.82, 2.24) is 15.1 Å². The lowest BCUT2D eigenvalue weighted by Crippen LogP contribution is -2.53. The molecular formula is C15H26N4. The Kier molecular flexibility index (Phi) is 3.18. The van der Waals surface area contributed by atoms with Crippen molar-refractivity contribution >= 4 is 0 Å². The van der Waals surface area contributed by atoms with Crippen LogP contribution in [-0.4, -0.2) is 40.3 Å². The van der Waals surface area contributed by atoms with Crippen molar-refractivity contribution in [3.05, 3.63) is 17.5 Å². The van der Waals surface area contributed by atoms with Gasteiger partial charge in [-0.15, -0.1) is 0 Å². The summed E-state index contributed by atoms with van der Waals surface area (Å²) in [4.78, 5) is 2.62. The highest BCUT2D eigenvalue weighted by Gasteiger charge is 2.48. The summed E-state index contributed by atoms with van der Waals surface area (Å²) in [6.07, 6.45) is 5.29. The average Bonchev–Trinajstić information content (AvgIpc) is 2.94. The van der Waals surface area contributed by atoms with Crippen molar-refractivity contribution in [1.29, 1.82) is 0 Å². The van der Waals surface area contributed by atoms with Crippen LogP contribution in [-0.2, 0) is 11.8 Å². The Morgan fingerprint density at radius 3 is 2.68 bits per heavy atom. The molecule has 4 heteroatoms. The molecule has 4 nitrogen and oxygen atoms in total. The smallest absolute Gasteiger partial charge is 0.0522 e. The van der Waals surface area contributed by atoms with E-state index in [0.717, 1.165) is 19.5 Å². The third kappa shape index (κ3) is 1.93. The molecule has 2 atom stereocenters. The number of aromatic nitrogens is 2. The second-order valence-corrected chi connectivity index (χ2v) is 6.76. The van der Waals surface area contributed by atoms with E-state index in [2.05, 4.69) is 35.9 Å². The summed E-state index contributed by atoms with van der Waals surface area (Å²) in [5, 5.41) is 7.44. The topological polar surface area (TPSA) is 57.9 Å². The lowest BCUT2D eigenvalue weighted by Gasteiger charge is -2.44. The van der Waals surface area contributed by atoms with E-state index in [1.54, 1.807) is 0 Å². The number of likely N-dealkylation sites (tertiary alicyclic amines) is 1. The van der Waals surface area contributed by atoms with Gasteiger partial charge in [0.25, 0.3) is 0 Å². The van der Waals surface area contributed by atoms with Crippen LogP contribution in [0.3, 0.4) is 0 Å². The Balaban J connectivity index is 1.77. The number of hydrogen-bond donors (Lipinski definition) is 2. The molecule has 3 rings (SSSR count). The number of nitrogens with zero attached hydrogens (tertiary/aromatic N) is 2. The zero-order valence-corrected chi connectivity index (χ0v) is 12.3. The number of nitrogens with one attached hydrogen (secondary N) is 1. The molecule has 1 aliphatic carbocycles. The number of fused-ring (bicyclic) bond motifs is 2. The second kappa shape index (κ2) is 4.60. The first-order valence-corrected chi connectivity index (χ1v) is 7.57. The van der Waals surface area contributed by atoms with Crippen LogP contribution in [0.25, 0.3) is 0 Å². The van der Waals surface area contributed by atoms with Gasteiger partial charge in [-0.3, -0.25) is 5.10 Å². The Morgan fingerprint density at radius 2 is 2.05 bits per heavy atom. The lowest BCUT2D eigenvalue weighted by atomic mass is 9.73. The van der Waals surface area contributed by atoms with Gasteiger partial charge in [-0.05, 0) is 50.8 Å². The van der Waals surface area contributed by atoms with E-state index in [-0.39, 0.29) is 11.5 Å². The summed E-state index contributed by atoms with van der Waals surface area (Å²) in [5.74, 6) is 0.717. The van der Waals surface area contributed by atoms with Crippen molar-refractivity contribution in [2.24, 2.45) is 11.7 Å². The molecule has 0 aromatic carbocycles. The third-order valence-corrected chi connectivity index (χ3v) is 5.60. The Bertz CT molecular complexity index is 443. The maximum Gasteiger partial charge on any atom is 0.0522 e. The van der Waals surface area contributed by atoms with Crippen LogP contribution in [0.5, 0.6) is 0 Å². The summed E-state index contributed by atoms with van der Waals surface area (Å²) in [6, 6.07) is 0.935. The van der Waals surface area contributed by atoms with Gasteiger partial charge in [-0.25, -0.2) is 0 Å². The molecule has 2 heterocycles. The quantitative estimate of drug-likeness (QED) is 0.852. The minimum Gasteiger partial charge on any atom is -0.327 e. The number of rotatable bonds is 2. The standard InChI is InChI=1S/C15H26N4/c1-10(2)11(3)19-6-4-15(5-7-19)13(16)8-12-9-17-18-14(12)15/h9-11,13H,4-8,16H2,1-3H3,(H,17,18)/t11-,13+/m0/s1. The summed E-state index contributed by atoms with van der Waals surface area (Å²) in [6.45, 7) is 9.28. The van der Waals surface area contributed by atoms with Gasteiger partial charge in [0, 0.05) is 23.2 Å². The van der Waals surface area contributed by atoms with Gasteiger partial charge in [0.1, 0.15) is 0 Å². The van der Waals surface area contributed by atoms with Crippen molar-refractivity contribution in [2.75, 3.05) is 13.1 Å². The highest BCUT2D eigenvalue weighted by atomic mass is 15.2. The molecule has 0 saturated carbocycles. The van der Waals surface area contributed by atoms with E-state index in [0.29, 0.717) is 12.0 Å². The monoisotopic (exact) mass is 262 g/mol. The SMILES string of the molecule is CC(C)[C@H](C)N1CCC2(CC1)c1[nH]ncc1C[C@H]2N. The Hall–Kier alpha value is -0.870. The summed E-state index contributed by atoms with van der Waals surface area (Å²) in [7, 11) is 0. The largest absolute Gasteiger partial charge is 0.327 e. The number of hydrogen-bond acceptors (Lipinski definition) is 3. The fourth-order valence-corrected chi connectivity index (χ4v) is 3.89. The van der Waals surface area contributed by atoms with E-state index in [4.69, 9.17) is 5.73 Å². The molecule has 1 aromatic heterocycles. The molecular weight excluding hydrogens is 236 g/mol. The lowest BCUT2D eigenvalue weighted by molar-refractivity contribution is 0.0906. The highest BCUT2D eigenvalue weighted by molar-refractivity contribution is 5.36. The molecule has 1 aromatic rings. The summed E-state index contributed by atoms with van der Waals surface area (Å²) in [5.41, 5.74) is 9.30. The average molecular weight is 262 g/mol. The maximum absolute atomic E-state index is 6.45. The van der Waals surface area contributed by atoms with Crippen molar-refractivity contribution in [3.63, 3.8) is 0 Å². The van der Waals surface area contributed by atoms with E-state index in [1.807, 2.05) is 6.20 Å². The number of aromatic amines is 1. The minimum absolute atomic E-state index is 0.166. The van der Waals surface area contributed by atoms with Gasteiger partial charge in [0.05, 0.1) is 6.20 Å². The molecule has 0 amide bonds. The predicted molar refractivity (Wildman–Crippen MR) is 77.1 cm³/mol. The minimum atomic E-state index is 0.166. The normalized spacial score (nSPS) is 27.9. The molecule has 1 fully saturated rings.